The predicted molar refractivity (Wildman–Crippen MR) is 63.7 cm³/mol. The second-order valence-corrected chi connectivity index (χ2v) is 4.67. The Morgan fingerprint density at radius 1 is 1.38 bits per heavy atom. The van der Waals surface area contributed by atoms with Gasteiger partial charge in [-0.2, -0.15) is 0 Å². The largest absolute Gasteiger partial charge is 0.393 e. The summed E-state index contributed by atoms with van der Waals surface area (Å²) in [6, 6.07) is 3.64. The number of aliphatic hydroxyl groups excluding tert-OH is 1. The molecule has 4 nitrogen and oxygen atoms in total. The van der Waals surface area contributed by atoms with Crippen molar-refractivity contribution >= 4 is 17.4 Å². The van der Waals surface area contributed by atoms with Gasteiger partial charge in [0.25, 0.3) is 0 Å². The van der Waals surface area contributed by atoms with Gasteiger partial charge in [-0.3, -0.25) is 0 Å². The first kappa shape index (κ1) is 11.6. The van der Waals surface area contributed by atoms with E-state index in [1.165, 1.54) is 0 Å². The van der Waals surface area contributed by atoms with E-state index >= 15 is 0 Å². The summed E-state index contributed by atoms with van der Waals surface area (Å²) in [5, 5.41) is 17.8. The van der Waals surface area contributed by atoms with Crippen molar-refractivity contribution in [1.82, 2.24) is 10.2 Å². The number of aromatic nitrogens is 2. The van der Waals surface area contributed by atoms with E-state index in [4.69, 9.17) is 11.6 Å². The van der Waals surface area contributed by atoms with Crippen molar-refractivity contribution in [3.63, 3.8) is 0 Å². The van der Waals surface area contributed by atoms with Gasteiger partial charge in [0.15, 0.2) is 11.0 Å². The summed E-state index contributed by atoms with van der Waals surface area (Å²) in [5.74, 6) is 1.28. The standard InChI is InChI=1S/C11H16ClN3O/c1-8(16)9-4-6-15(7-5-9)11-3-2-10(12)13-14-11/h2-3,8-9,16H,4-7H2,1H3. The Morgan fingerprint density at radius 3 is 2.56 bits per heavy atom. The lowest BCUT2D eigenvalue weighted by Crippen LogP contribution is -2.37. The molecule has 1 aliphatic heterocycles. The summed E-state index contributed by atoms with van der Waals surface area (Å²) >= 11 is 5.69. The first-order chi connectivity index (χ1) is 7.66. The van der Waals surface area contributed by atoms with E-state index in [2.05, 4.69) is 15.1 Å². The smallest absolute Gasteiger partial charge is 0.151 e. The topological polar surface area (TPSA) is 49.2 Å². The van der Waals surface area contributed by atoms with Crippen LogP contribution in [0.3, 0.4) is 0 Å². The molecule has 88 valence electrons. The molecule has 0 aliphatic carbocycles. The quantitative estimate of drug-likeness (QED) is 0.857. The molecule has 0 bridgehead atoms. The minimum atomic E-state index is -0.210. The van der Waals surface area contributed by atoms with Crippen molar-refractivity contribution in [2.45, 2.75) is 25.9 Å². The van der Waals surface area contributed by atoms with Crippen LogP contribution in [0, 0.1) is 5.92 Å². The number of anilines is 1. The number of aliphatic hydroxyl groups is 1. The summed E-state index contributed by atoms with van der Waals surface area (Å²) in [6.45, 7) is 3.71. The van der Waals surface area contributed by atoms with E-state index in [0.717, 1.165) is 31.7 Å². The molecule has 1 aromatic heterocycles. The first-order valence-corrected chi connectivity index (χ1v) is 5.97. The van der Waals surface area contributed by atoms with Gasteiger partial charge in [0.1, 0.15) is 0 Å². The highest BCUT2D eigenvalue weighted by Gasteiger charge is 2.23. The van der Waals surface area contributed by atoms with Crippen LogP contribution in [0.4, 0.5) is 5.82 Å². The van der Waals surface area contributed by atoms with Crippen molar-refractivity contribution in [3.05, 3.63) is 17.3 Å². The zero-order valence-electron chi connectivity index (χ0n) is 9.30. The van der Waals surface area contributed by atoms with Gasteiger partial charge >= 0.3 is 0 Å². The molecule has 1 aromatic rings. The molecule has 1 saturated heterocycles. The lowest BCUT2D eigenvalue weighted by Gasteiger charge is -2.33. The maximum atomic E-state index is 9.51. The van der Waals surface area contributed by atoms with Crippen molar-refractivity contribution < 1.29 is 5.11 Å². The minimum Gasteiger partial charge on any atom is -0.393 e. The van der Waals surface area contributed by atoms with E-state index in [1.807, 2.05) is 13.0 Å². The first-order valence-electron chi connectivity index (χ1n) is 5.59. The molecule has 1 atom stereocenters. The van der Waals surface area contributed by atoms with Crippen LogP contribution in [0.15, 0.2) is 12.1 Å². The summed E-state index contributed by atoms with van der Waals surface area (Å²) < 4.78 is 0. The van der Waals surface area contributed by atoms with Gasteiger partial charge in [0.2, 0.25) is 0 Å². The third-order valence-electron chi connectivity index (χ3n) is 3.16. The third kappa shape index (κ3) is 2.62. The van der Waals surface area contributed by atoms with Crippen molar-refractivity contribution in [2.24, 2.45) is 5.92 Å². The van der Waals surface area contributed by atoms with Crippen molar-refractivity contribution in [3.8, 4) is 0 Å². The monoisotopic (exact) mass is 241 g/mol. The number of piperidine rings is 1. The van der Waals surface area contributed by atoms with E-state index in [1.54, 1.807) is 6.07 Å². The van der Waals surface area contributed by atoms with Crippen LogP contribution < -0.4 is 4.90 Å². The second kappa shape index (κ2) is 4.97. The van der Waals surface area contributed by atoms with Gasteiger partial charge in [-0.15, -0.1) is 10.2 Å². The maximum absolute atomic E-state index is 9.51. The Morgan fingerprint density at radius 2 is 2.06 bits per heavy atom. The molecule has 2 rings (SSSR count). The highest BCUT2D eigenvalue weighted by Crippen LogP contribution is 2.23. The third-order valence-corrected chi connectivity index (χ3v) is 3.37. The van der Waals surface area contributed by atoms with Crippen LogP contribution in [-0.2, 0) is 0 Å². The van der Waals surface area contributed by atoms with Crippen LogP contribution in [0.5, 0.6) is 0 Å². The normalized spacial score (nSPS) is 19.8. The summed E-state index contributed by atoms with van der Waals surface area (Å²) in [7, 11) is 0. The molecule has 1 aliphatic rings. The van der Waals surface area contributed by atoms with Crippen LogP contribution in [0.2, 0.25) is 5.15 Å². The average Bonchev–Trinajstić information content (AvgIpc) is 2.30. The number of nitrogens with zero attached hydrogens (tertiary/aromatic N) is 3. The molecular formula is C11H16ClN3O. The van der Waals surface area contributed by atoms with E-state index < -0.39 is 0 Å². The second-order valence-electron chi connectivity index (χ2n) is 4.28. The Kier molecular flexibility index (Phi) is 3.61. The highest BCUT2D eigenvalue weighted by molar-refractivity contribution is 6.29. The fourth-order valence-corrected chi connectivity index (χ4v) is 2.19. The zero-order valence-corrected chi connectivity index (χ0v) is 10.1. The Hall–Kier alpha value is -0.870. The Balaban J connectivity index is 1.96. The summed E-state index contributed by atoms with van der Waals surface area (Å²) in [4.78, 5) is 2.18. The van der Waals surface area contributed by atoms with Gasteiger partial charge in [-0.1, -0.05) is 11.6 Å². The van der Waals surface area contributed by atoms with Gasteiger partial charge < -0.3 is 10.0 Å². The fraction of sp³-hybridized carbons (Fsp3) is 0.636. The molecule has 1 unspecified atom stereocenters. The average molecular weight is 242 g/mol. The van der Waals surface area contributed by atoms with Gasteiger partial charge in [0, 0.05) is 13.1 Å². The zero-order chi connectivity index (χ0) is 11.5. The molecule has 2 heterocycles. The highest BCUT2D eigenvalue weighted by atomic mass is 35.5. The maximum Gasteiger partial charge on any atom is 0.151 e. The molecular weight excluding hydrogens is 226 g/mol. The number of hydrogen-bond donors (Lipinski definition) is 1. The lowest BCUT2D eigenvalue weighted by atomic mass is 9.92. The van der Waals surface area contributed by atoms with E-state index in [9.17, 15) is 5.11 Å². The Bertz CT molecular complexity index is 334. The van der Waals surface area contributed by atoms with Crippen molar-refractivity contribution in [2.75, 3.05) is 18.0 Å². The molecule has 0 radical (unpaired) electrons. The fourth-order valence-electron chi connectivity index (χ4n) is 2.09. The predicted octanol–water partition coefficient (Wildman–Crippen LogP) is 1.73. The van der Waals surface area contributed by atoms with Crippen LogP contribution >= 0.6 is 11.6 Å². The van der Waals surface area contributed by atoms with Gasteiger partial charge in [0.05, 0.1) is 6.10 Å². The number of halogens is 1. The van der Waals surface area contributed by atoms with E-state index in [-0.39, 0.29) is 6.10 Å². The molecule has 1 fully saturated rings. The summed E-state index contributed by atoms with van der Waals surface area (Å²) in [6.07, 6.45) is 1.79. The van der Waals surface area contributed by atoms with Crippen LogP contribution in [-0.4, -0.2) is 34.5 Å². The number of hydrogen-bond acceptors (Lipinski definition) is 4. The molecule has 1 N–H and O–H groups in total. The molecule has 0 saturated carbocycles. The molecule has 0 spiro atoms. The minimum absolute atomic E-state index is 0.210. The van der Waals surface area contributed by atoms with Gasteiger partial charge in [-0.25, -0.2) is 0 Å². The molecule has 16 heavy (non-hydrogen) atoms. The Labute approximate surface area is 100 Å². The van der Waals surface area contributed by atoms with E-state index in [0.29, 0.717) is 11.1 Å². The van der Waals surface area contributed by atoms with Crippen molar-refractivity contribution in [1.29, 1.82) is 0 Å². The summed E-state index contributed by atoms with van der Waals surface area (Å²) in [5.41, 5.74) is 0. The van der Waals surface area contributed by atoms with Crippen LogP contribution in [0.25, 0.3) is 0 Å². The lowest BCUT2D eigenvalue weighted by molar-refractivity contribution is 0.109. The molecule has 5 heteroatoms. The van der Waals surface area contributed by atoms with Crippen LogP contribution in [0.1, 0.15) is 19.8 Å². The number of rotatable bonds is 2. The SMILES string of the molecule is CC(O)C1CCN(c2ccc(Cl)nn2)CC1. The molecule has 0 aromatic carbocycles. The molecule has 0 amide bonds. The van der Waals surface area contributed by atoms with Gasteiger partial charge in [-0.05, 0) is 37.8 Å².